The van der Waals surface area contributed by atoms with Gasteiger partial charge in [0.05, 0.1) is 23.6 Å². The van der Waals surface area contributed by atoms with Crippen molar-refractivity contribution in [3.05, 3.63) is 53.1 Å². The minimum Gasteiger partial charge on any atom is -0.486 e. The number of hydrogen-bond acceptors (Lipinski definition) is 5. The van der Waals surface area contributed by atoms with Crippen LogP contribution in [0.3, 0.4) is 0 Å². The van der Waals surface area contributed by atoms with E-state index in [2.05, 4.69) is 0 Å². The van der Waals surface area contributed by atoms with Crippen molar-refractivity contribution in [3.8, 4) is 11.5 Å². The van der Waals surface area contributed by atoms with Crippen LogP contribution in [0.25, 0.3) is 0 Å². The van der Waals surface area contributed by atoms with E-state index in [9.17, 15) is 8.42 Å². The molecule has 0 unspecified atom stereocenters. The number of rotatable bonds is 3. The highest BCUT2D eigenvalue weighted by Gasteiger charge is 2.52. The molecule has 152 valence electrons. The van der Waals surface area contributed by atoms with E-state index in [0.717, 1.165) is 11.3 Å². The van der Waals surface area contributed by atoms with Crippen molar-refractivity contribution in [1.29, 1.82) is 0 Å². The molecule has 0 N–H and O–H groups in total. The smallest absolute Gasteiger partial charge is 0.177 e. The van der Waals surface area contributed by atoms with E-state index in [1.165, 1.54) is 0 Å². The lowest BCUT2D eigenvalue weighted by atomic mass is 10.1. The fourth-order valence-corrected chi connectivity index (χ4v) is 6.84. The third kappa shape index (κ3) is 3.33. The molecule has 9 heteroatoms. The molecule has 3 aliphatic heterocycles. The van der Waals surface area contributed by atoms with Crippen molar-refractivity contribution in [2.45, 2.75) is 18.6 Å². The highest BCUT2D eigenvalue weighted by Crippen LogP contribution is 2.40. The van der Waals surface area contributed by atoms with Crippen molar-refractivity contribution >= 4 is 44.5 Å². The lowest BCUT2D eigenvalue weighted by Crippen LogP contribution is -2.37. The van der Waals surface area contributed by atoms with Gasteiger partial charge in [0.15, 0.2) is 26.4 Å². The van der Waals surface area contributed by atoms with Crippen LogP contribution in [-0.4, -0.2) is 55.2 Å². The third-order valence-corrected chi connectivity index (χ3v) is 8.08. The molecule has 0 bridgehead atoms. The number of fused-ring (bicyclic) bond motifs is 2. The van der Waals surface area contributed by atoms with Gasteiger partial charge >= 0.3 is 0 Å². The Bertz CT molecular complexity index is 1090. The topological polar surface area (TPSA) is 59.1 Å². The number of thiocarbonyl (C=S) groups is 1. The first-order valence-electron chi connectivity index (χ1n) is 9.36. The summed E-state index contributed by atoms with van der Waals surface area (Å²) >= 11 is 12.2. The van der Waals surface area contributed by atoms with E-state index in [1.807, 2.05) is 52.3 Å². The Morgan fingerprint density at radius 3 is 2.55 bits per heavy atom. The Kier molecular flexibility index (Phi) is 4.60. The molecular formula is C20H19ClN2O4S2. The maximum atomic E-state index is 12.5. The molecule has 2 aromatic carbocycles. The highest BCUT2D eigenvalue weighted by molar-refractivity contribution is 7.91. The summed E-state index contributed by atoms with van der Waals surface area (Å²) in [6.07, 6.45) is 0. The van der Waals surface area contributed by atoms with Crippen LogP contribution >= 0.6 is 23.8 Å². The van der Waals surface area contributed by atoms with Crippen LogP contribution in [0.1, 0.15) is 5.56 Å². The molecule has 5 rings (SSSR count). The van der Waals surface area contributed by atoms with Crippen LogP contribution in [0.5, 0.6) is 11.5 Å². The molecule has 0 spiro atoms. The number of anilines is 1. The van der Waals surface area contributed by atoms with E-state index >= 15 is 0 Å². The predicted molar refractivity (Wildman–Crippen MR) is 116 cm³/mol. The summed E-state index contributed by atoms with van der Waals surface area (Å²) in [4.78, 5) is 3.93. The first-order chi connectivity index (χ1) is 13.9. The van der Waals surface area contributed by atoms with Gasteiger partial charge in [-0.1, -0.05) is 29.8 Å². The molecule has 0 aromatic heterocycles. The normalized spacial score (nSPS) is 24.7. The molecule has 3 aliphatic rings. The average molecular weight is 451 g/mol. The van der Waals surface area contributed by atoms with E-state index in [0.29, 0.717) is 41.4 Å². The average Bonchev–Trinajstić information content (AvgIpc) is 3.13. The maximum Gasteiger partial charge on any atom is 0.177 e. The van der Waals surface area contributed by atoms with Crippen LogP contribution in [0.2, 0.25) is 5.02 Å². The van der Waals surface area contributed by atoms with Gasteiger partial charge in [0, 0.05) is 23.3 Å². The molecule has 2 aromatic rings. The van der Waals surface area contributed by atoms with Crippen molar-refractivity contribution in [2.24, 2.45) is 0 Å². The van der Waals surface area contributed by atoms with Gasteiger partial charge in [0.2, 0.25) is 0 Å². The Balaban J connectivity index is 1.52. The van der Waals surface area contributed by atoms with Gasteiger partial charge in [0.1, 0.15) is 13.2 Å². The number of benzene rings is 2. The first kappa shape index (κ1) is 19.0. The quantitative estimate of drug-likeness (QED) is 0.666. The molecule has 0 saturated carbocycles. The zero-order valence-electron chi connectivity index (χ0n) is 15.5. The fourth-order valence-electron chi connectivity index (χ4n) is 4.26. The van der Waals surface area contributed by atoms with E-state index in [4.69, 9.17) is 33.3 Å². The van der Waals surface area contributed by atoms with E-state index < -0.39 is 9.84 Å². The summed E-state index contributed by atoms with van der Waals surface area (Å²) in [7, 11) is -3.15. The Hall–Kier alpha value is -2.03. The molecule has 0 amide bonds. The van der Waals surface area contributed by atoms with Gasteiger partial charge in [0.25, 0.3) is 0 Å². The number of sulfone groups is 1. The minimum atomic E-state index is -3.15. The summed E-state index contributed by atoms with van der Waals surface area (Å²) in [6, 6.07) is 12.7. The molecule has 0 radical (unpaired) electrons. The van der Waals surface area contributed by atoms with Crippen molar-refractivity contribution in [2.75, 3.05) is 29.6 Å². The second-order valence-electron chi connectivity index (χ2n) is 7.41. The molecule has 29 heavy (non-hydrogen) atoms. The standard InChI is InChI=1S/C20H19ClN2O4S2/c21-15-4-2-1-3-13(15)10-22-16-11-29(24,25)12-17(16)23(20(22)28)14-5-6-18-19(9-14)27-8-7-26-18/h1-6,9,16-17H,7-8,10-12H2/t16-,17+/m0/s1. The van der Waals surface area contributed by atoms with Gasteiger partial charge in [-0.2, -0.15) is 0 Å². The molecule has 6 nitrogen and oxygen atoms in total. The highest BCUT2D eigenvalue weighted by atomic mass is 35.5. The Morgan fingerprint density at radius 2 is 1.76 bits per heavy atom. The molecule has 2 fully saturated rings. The third-order valence-electron chi connectivity index (χ3n) is 5.58. The van der Waals surface area contributed by atoms with Crippen LogP contribution in [0.15, 0.2) is 42.5 Å². The summed E-state index contributed by atoms with van der Waals surface area (Å²) in [6.45, 7) is 1.47. The SMILES string of the molecule is O=S1(=O)C[C@@H]2[C@H](C1)N(Cc1ccccc1Cl)C(=S)N2c1ccc2c(c1)OCCO2. The van der Waals surface area contributed by atoms with E-state index in [-0.39, 0.29) is 23.6 Å². The number of hydrogen-bond donors (Lipinski definition) is 0. The van der Waals surface area contributed by atoms with Crippen molar-refractivity contribution in [3.63, 3.8) is 0 Å². The van der Waals surface area contributed by atoms with Gasteiger partial charge in [-0.05, 0) is 36.0 Å². The largest absolute Gasteiger partial charge is 0.486 e. The minimum absolute atomic E-state index is 0.0747. The number of halogens is 1. The van der Waals surface area contributed by atoms with Gasteiger partial charge in [-0.3, -0.25) is 0 Å². The maximum absolute atomic E-state index is 12.5. The summed E-state index contributed by atoms with van der Waals surface area (Å²) < 4.78 is 36.2. The molecule has 0 aliphatic carbocycles. The van der Waals surface area contributed by atoms with Gasteiger partial charge in [-0.15, -0.1) is 0 Å². The number of nitrogens with zero attached hydrogens (tertiary/aromatic N) is 2. The van der Waals surface area contributed by atoms with Gasteiger partial charge < -0.3 is 19.3 Å². The van der Waals surface area contributed by atoms with Crippen LogP contribution in [0, 0.1) is 0 Å². The zero-order chi connectivity index (χ0) is 20.2. The van der Waals surface area contributed by atoms with Crippen LogP contribution in [-0.2, 0) is 16.4 Å². The number of ether oxygens (including phenoxy) is 2. The summed E-state index contributed by atoms with van der Waals surface area (Å²) in [5.41, 5.74) is 1.73. The first-order valence-corrected chi connectivity index (χ1v) is 12.0. The Morgan fingerprint density at radius 1 is 1.03 bits per heavy atom. The lowest BCUT2D eigenvalue weighted by Gasteiger charge is -2.27. The zero-order valence-corrected chi connectivity index (χ0v) is 17.8. The van der Waals surface area contributed by atoms with Crippen molar-refractivity contribution in [1.82, 2.24) is 4.90 Å². The van der Waals surface area contributed by atoms with Crippen molar-refractivity contribution < 1.29 is 17.9 Å². The second-order valence-corrected chi connectivity index (χ2v) is 10.3. The van der Waals surface area contributed by atoms with E-state index in [1.54, 1.807) is 0 Å². The molecule has 3 heterocycles. The monoisotopic (exact) mass is 450 g/mol. The van der Waals surface area contributed by atoms with Crippen LogP contribution in [0.4, 0.5) is 5.69 Å². The summed E-state index contributed by atoms with van der Waals surface area (Å²) in [5.74, 6) is 1.50. The summed E-state index contributed by atoms with van der Waals surface area (Å²) in [5, 5.41) is 1.25. The fraction of sp³-hybridized carbons (Fsp3) is 0.350. The van der Waals surface area contributed by atoms with Gasteiger partial charge in [-0.25, -0.2) is 8.42 Å². The Labute approximate surface area is 179 Å². The molecule has 2 atom stereocenters. The molecule has 2 saturated heterocycles. The second kappa shape index (κ2) is 7.04. The van der Waals surface area contributed by atoms with Crippen LogP contribution < -0.4 is 14.4 Å². The predicted octanol–water partition coefficient (Wildman–Crippen LogP) is 2.88. The molecular weight excluding hydrogens is 432 g/mol. The lowest BCUT2D eigenvalue weighted by molar-refractivity contribution is 0.171.